The van der Waals surface area contributed by atoms with Gasteiger partial charge in [-0.05, 0) is 112 Å². The molecule has 0 radical (unpaired) electrons. The first-order chi connectivity index (χ1) is 28.6. The van der Waals surface area contributed by atoms with Crippen molar-refractivity contribution in [1.29, 1.82) is 0 Å². The lowest BCUT2D eigenvalue weighted by molar-refractivity contribution is -0.335. The molecule has 0 unspecified atom stereocenters. The number of carbonyl (C=O) groups excluding carboxylic acids is 1. The molecule has 5 rings (SSSR count). The number of carbonyl (C=O) groups is 1. The number of cyclic esters (lactones) is 1. The zero-order valence-corrected chi connectivity index (χ0v) is 38.8. The van der Waals surface area contributed by atoms with Crippen LogP contribution in [0.15, 0.2) is 30.3 Å². The third-order valence-electron chi connectivity index (χ3n) is 14.2. The fourth-order valence-electron chi connectivity index (χ4n) is 9.91. The summed E-state index contributed by atoms with van der Waals surface area (Å²) in [6.07, 6.45) is -4.68. The summed E-state index contributed by atoms with van der Waals surface area (Å²) in [6, 6.07) is 9.02. The molecule has 4 fully saturated rings. The minimum absolute atomic E-state index is 0.114. The highest BCUT2D eigenvalue weighted by atomic mass is 16.7. The molecule has 61 heavy (non-hydrogen) atoms. The Bertz CT molecular complexity index is 1540. The SMILES string of the molecule is CC[C@H]1OC(=O)[C@H](C)[C@@H](O[C@H]2C[C@@](C)(OC)[C@](O)(CNC3CC3)[C@H](C)O2)[C@H](C)[C@@H](O[C@@H]2O[C@H](C)C[C@H](NC)[C@H]2Oc2ccccc2)[C@](C)(O)C[C@@H](C)CN[C@H](C)[C@@H](O)[C@]1(C)O. The van der Waals surface area contributed by atoms with Gasteiger partial charge in [-0.15, -0.1) is 0 Å². The zero-order valence-electron chi connectivity index (χ0n) is 38.8. The Hall–Kier alpha value is -1.99. The van der Waals surface area contributed by atoms with Crippen LogP contribution in [0.4, 0.5) is 0 Å². The van der Waals surface area contributed by atoms with Crippen molar-refractivity contribution in [2.75, 3.05) is 27.2 Å². The Kier molecular flexibility index (Phi) is 16.8. The lowest BCUT2D eigenvalue weighted by atomic mass is 9.75. The first kappa shape index (κ1) is 50.0. The molecule has 15 heteroatoms. The number of rotatable bonds is 12. The molecule has 1 aromatic carbocycles. The molecule has 0 spiro atoms. The molecule has 18 atom stereocenters. The second kappa shape index (κ2) is 20.5. The summed E-state index contributed by atoms with van der Waals surface area (Å²) in [4.78, 5) is 14.5. The van der Waals surface area contributed by atoms with Crippen LogP contribution in [-0.2, 0) is 33.2 Å². The van der Waals surface area contributed by atoms with Gasteiger partial charge in [-0.3, -0.25) is 4.79 Å². The number of esters is 1. The standard InChI is InChI=1S/C46H79N3O12/c1-13-35-45(10,53)39(50)30(6)48-24-26(2)22-43(8,52)40(61-42-38(34(47-11)21-27(3)56-42)58-33-17-15-14-16-18-33)28(4)37(29(5)41(51)59-35)60-36-23-44(9,55-12)46(54,31(7)57-36)25-49-32-19-20-32/h14-18,26-32,34-40,42,47-50,52-54H,13,19-25H2,1-12H3/t26-,27-,28+,29-,30-,31+,34+,35-,36+,37+,38-,39-,40-,42+,43-,44-,45-,46+/m1/s1. The van der Waals surface area contributed by atoms with Crippen LogP contribution in [0.1, 0.15) is 108 Å². The van der Waals surface area contributed by atoms with Crippen LogP contribution in [-0.4, -0.2) is 149 Å². The Morgan fingerprint density at radius 1 is 0.934 bits per heavy atom. The van der Waals surface area contributed by atoms with Gasteiger partial charge >= 0.3 is 5.97 Å². The van der Waals surface area contributed by atoms with Crippen molar-refractivity contribution in [1.82, 2.24) is 16.0 Å². The van der Waals surface area contributed by atoms with Gasteiger partial charge in [0.1, 0.15) is 34.8 Å². The van der Waals surface area contributed by atoms with E-state index in [4.69, 9.17) is 33.2 Å². The van der Waals surface area contributed by atoms with Gasteiger partial charge in [-0.25, -0.2) is 0 Å². The van der Waals surface area contributed by atoms with Gasteiger partial charge < -0.3 is 69.5 Å². The van der Waals surface area contributed by atoms with E-state index in [2.05, 4.69) is 16.0 Å². The molecule has 0 aromatic heterocycles. The molecule has 3 heterocycles. The van der Waals surface area contributed by atoms with Gasteiger partial charge in [0.2, 0.25) is 0 Å². The smallest absolute Gasteiger partial charge is 0.311 e. The summed E-state index contributed by atoms with van der Waals surface area (Å²) in [5.41, 5.74) is -5.90. The van der Waals surface area contributed by atoms with Gasteiger partial charge in [-0.2, -0.15) is 0 Å². The van der Waals surface area contributed by atoms with E-state index in [1.807, 2.05) is 65.1 Å². The maximum atomic E-state index is 14.5. The van der Waals surface area contributed by atoms with E-state index in [-0.39, 0.29) is 43.9 Å². The number of para-hydroxylation sites is 1. The highest BCUT2D eigenvalue weighted by Crippen LogP contribution is 2.43. The van der Waals surface area contributed by atoms with E-state index in [0.29, 0.717) is 24.8 Å². The molecular formula is C46H79N3O12. The minimum Gasteiger partial charge on any atom is -0.483 e. The van der Waals surface area contributed by atoms with Crippen molar-refractivity contribution in [2.24, 2.45) is 17.8 Å². The molecular weight excluding hydrogens is 787 g/mol. The molecule has 1 aromatic rings. The van der Waals surface area contributed by atoms with Crippen molar-refractivity contribution < 1.29 is 58.4 Å². The second-order valence-electron chi connectivity index (χ2n) is 19.4. The predicted molar refractivity (Wildman–Crippen MR) is 230 cm³/mol. The molecule has 3 aliphatic heterocycles. The molecule has 7 N–H and O–H groups in total. The Balaban J connectivity index is 1.58. The van der Waals surface area contributed by atoms with Crippen molar-refractivity contribution >= 4 is 5.97 Å². The van der Waals surface area contributed by atoms with Crippen molar-refractivity contribution in [2.45, 2.75) is 204 Å². The normalized spacial score (nSPS) is 45.9. The van der Waals surface area contributed by atoms with Crippen molar-refractivity contribution in [3.8, 4) is 5.75 Å². The quantitative estimate of drug-likeness (QED) is 0.151. The number of aliphatic hydroxyl groups is 4. The highest BCUT2D eigenvalue weighted by Gasteiger charge is 2.59. The molecule has 3 saturated heterocycles. The monoisotopic (exact) mass is 866 g/mol. The van der Waals surface area contributed by atoms with Crippen LogP contribution in [0.2, 0.25) is 0 Å². The van der Waals surface area contributed by atoms with E-state index >= 15 is 0 Å². The summed E-state index contributed by atoms with van der Waals surface area (Å²) in [7, 11) is 3.43. The molecule has 15 nitrogen and oxygen atoms in total. The van der Waals surface area contributed by atoms with Gasteiger partial charge in [0, 0.05) is 38.1 Å². The van der Waals surface area contributed by atoms with Crippen LogP contribution in [0.5, 0.6) is 5.75 Å². The Labute approximate surface area is 364 Å². The van der Waals surface area contributed by atoms with E-state index in [1.165, 1.54) is 6.92 Å². The Morgan fingerprint density at radius 2 is 1.61 bits per heavy atom. The summed E-state index contributed by atoms with van der Waals surface area (Å²) in [5.74, 6) is -1.97. The van der Waals surface area contributed by atoms with Gasteiger partial charge in [0.25, 0.3) is 0 Å². The fourth-order valence-corrected chi connectivity index (χ4v) is 9.91. The van der Waals surface area contributed by atoms with E-state index in [0.717, 1.165) is 12.8 Å². The van der Waals surface area contributed by atoms with Crippen LogP contribution < -0.4 is 20.7 Å². The summed E-state index contributed by atoms with van der Waals surface area (Å²) < 4.78 is 45.9. The van der Waals surface area contributed by atoms with E-state index < -0.39 is 95.5 Å². The van der Waals surface area contributed by atoms with Crippen molar-refractivity contribution in [3.05, 3.63) is 30.3 Å². The van der Waals surface area contributed by atoms with E-state index in [9.17, 15) is 25.2 Å². The summed E-state index contributed by atoms with van der Waals surface area (Å²) in [5, 5.41) is 58.4. The highest BCUT2D eigenvalue weighted by molar-refractivity contribution is 5.73. The zero-order chi connectivity index (χ0) is 45.1. The van der Waals surface area contributed by atoms with Gasteiger partial charge in [0.15, 0.2) is 18.7 Å². The number of benzene rings is 1. The van der Waals surface area contributed by atoms with Crippen LogP contribution in [0.3, 0.4) is 0 Å². The number of ether oxygens (including phenoxy) is 7. The van der Waals surface area contributed by atoms with Crippen LogP contribution in [0, 0.1) is 17.8 Å². The van der Waals surface area contributed by atoms with Gasteiger partial charge in [0.05, 0.1) is 42.0 Å². The third-order valence-corrected chi connectivity index (χ3v) is 14.2. The molecule has 4 aliphatic rings. The average molecular weight is 866 g/mol. The molecule has 1 aliphatic carbocycles. The topological polar surface area (TPSA) is 199 Å². The molecule has 0 amide bonds. The largest absolute Gasteiger partial charge is 0.483 e. The number of aliphatic hydroxyl groups excluding tert-OH is 1. The maximum Gasteiger partial charge on any atom is 0.311 e. The Morgan fingerprint density at radius 3 is 2.21 bits per heavy atom. The maximum absolute atomic E-state index is 14.5. The first-order valence-electron chi connectivity index (χ1n) is 22.7. The van der Waals surface area contributed by atoms with E-state index in [1.54, 1.807) is 41.7 Å². The summed E-state index contributed by atoms with van der Waals surface area (Å²) >= 11 is 0. The average Bonchev–Trinajstić information content (AvgIpc) is 4.05. The number of hydrogen-bond acceptors (Lipinski definition) is 15. The predicted octanol–water partition coefficient (Wildman–Crippen LogP) is 3.43. The van der Waals surface area contributed by atoms with Gasteiger partial charge in [-0.1, -0.05) is 39.0 Å². The van der Waals surface area contributed by atoms with Crippen molar-refractivity contribution in [3.63, 3.8) is 0 Å². The molecule has 0 bridgehead atoms. The number of nitrogens with one attached hydrogen (secondary N) is 3. The van der Waals surface area contributed by atoms with Crippen LogP contribution in [0.25, 0.3) is 0 Å². The minimum atomic E-state index is -1.81. The number of methoxy groups -OCH3 is 1. The third kappa shape index (κ3) is 11.5. The summed E-state index contributed by atoms with van der Waals surface area (Å²) in [6.45, 7) is 18.6. The lowest BCUT2D eigenvalue weighted by Gasteiger charge is -2.53. The first-order valence-corrected chi connectivity index (χ1v) is 22.7. The lowest BCUT2D eigenvalue weighted by Crippen LogP contribution is -2.70. The molecule has 350 valence electrons. The molecule has 1 saturated carbocycles. The second-order valence-corrected chi connectivity index (χ2v) is 19.4. The number of likely N-dealkylation sites (N-methyl/N-ethyl adjacent to an activating group) is 1. The van der Waals surface area contributed by atoms with Crippen LogP contribution >= 0.6 is 0 Å². The number of hydrogen-bond donors (Lipinski definition) is 7. The fraction of sp³-hybridized carbons (Fsp3) is 0.848.